The highest BCUT2D eigenvalue weighted by Gasteiger charge is 2.33. The van der Waals surface area contributed by atoms with Crippen LogP contribution in [0, 0.1) is 0 Å². The first-order valence-corrected chi connectivity index (χ1v) is 6.76. The quantitative estimate of drug-likeness (QED) is 0.759. The second-order valence-corrected chi connectivity index (χ2v) is 5.12. The summed E-state index contributed by atoms with van der Waals surface area (Å²) in [6.07, 6.45) is 1.14. The van der Waals surface area contributed by atoms with Crippen LogP contribution in [0.15, 0.2) is 54.6 Å². The molecule has 0 N–H and O–H groups in total. The van der Waals surface area contributed by atoms with Crippen LogP contribution in [0.3, 0.4) is 0 Å². The van der Waals surface area contributed by atoms with Gasteiger partial charge in [0.25, 0.3) is 0 Å². The summed E-state index contributed by atoms with van der Waals surface area (Å²) >= 11 is 0. The maximum absolute atomic E-state index is 5.18. The average molecular weight is 253 g/mol. The molecule has 0 aromatic heterocycles. The predicted molar refractivity (Wildman–Crippen MR) is 77.3 cm³/mol. The molecule has 0 saturated carbocycles. The van der Waals surface area contributed by atoms with Crippen molar-refractivity contribution in [3.63, 3.8) is 0 Å². The third-order valence-corrected chi connectivity index (χ3v) is 3.69. The minimum Gasteiger partial charge on any atom is -0.497 e. The Hall–Kier alpha value is -1.80. The zero-order valence-corrected chi connectivity index (χ0v) is 11.3. The maximum Gasteiger partial charge on any atom is 0.118 e. The van der Waals surface area contributed by atoms with Crippen molar-refractivity contribution in [3.05, 3.63) is 65.7 Å². The lowest BCUT2D eigenvalue weighted by atomic mass is 10.1. The summed E-state index contributed by atoms with van der Waals surface area (Å²) in [5.74, 6) is 0.931. The number of ether oxygens (including phenoxy) is 1. The first-order chi connectivity index (χ1) is 9.35. The van der Waals surface area contributed by atoms with Gasteiger partial charge >= 0.3 is 0 Å². The standard InChI is InChI=1S/C17H19NO/c1-19-17-9-7-14(8-10-17)11-16-13-18(16)12-15-5-3-2-4-6-15/h2-10,16H,11-13H2,1H3. The van der Waals surface area contributed by atoms with Gasteiger partial charge in [0.05, 0.1) is 7.11 Å². The molecule has 2 aromatic rings. The highest BCUT2D eigenvalue weighted by atomic mass is 16.5. The Morgan fingerprint density at radius 2 is 1.74 bits per heavy atom. The van der Waals surface area contributed by atoms with Gasteiger partial charge in [-0.05, 0) is 29.7 Å². The number of hydrogen-bond donors (Lipinski definition) is 0. The molecule has 1 aliphatic heterocycles. The van der Waals surface area contributed by atoms with Crippen molar-refractivity contribution in [1.29, 1.82) is 0 Å². The van der Waals surface area contributed by atoms with Gasteiger partial charge < -0.3 is 4.74 Å². The fraction of sp³-hybridized carbons (Fsp3) is 0.294. The van der Waals surface area contributed by atoms with Crippen molar-refractivity contribution < 1.29 is 4.74 Å². The Labute approximate surface area is 114 Å². The summed E-state index contributed by atoms with van der Waals surface area (Å²) in [4.78, 5) is 2.51. The monoisotopic (exact) mass is 253 g/mol. The average Bonchev–Trinajstić information content (AvgIpc) is 3.18. The van der Waals surface area contributed by atoms with E-state index in [4.69, 9.17) is 4.74 Å². The van der Waals surface area contributed by atoms with Crippen molar-refractivity contribution in [2.45, 2.75) is 19.0 Å². The lowest BCUT2D eigenvalue weighted by Crippen LogP contribution is -2.04. The van der Waals surface area contributed by atoms with Crippen LogP contribution in [0.25, 0.3) is 0 Å². The summed E-state index contributed by atoms with van der Waals surface area (Å²) in [7, 11) is 1.71. The number of benzene rings is 2. The fourth-order valence-corrected chi connectivity index (χ4v) is 2.46. The van der Waals surface area contributed by atoms with E-state index >= 15 is 0 Å². The molecule has 1 saturated heterocycles. The molecule has 2 atom stereocenters. The van der Waals surface area contributed by atoms with Crippen LogP contribution in [0.1, 0.15) is 11.1 Å². The maximum atomic E-state index is 5.18. The van der Waals surface area contributed by atoms with E-state index in [1.807, 2.05) is 12.1 Å². The predicted octanol–water partition coefficient (Wildman–Crippen LogP) is 3.12. The van der Waals surface area contributed by atoms with Crippen LogP contribution >= 0.6 is 0 Å². The van der Waals surface area contributed by atoms with E-state index in [0.29, 0.717) is 6.04 Å². The Morgan fingerprint density at radius 1 is 1.00 bits per heavy atom. The smallest absolute Gasteiger partial charge is 0.118 e. The molecule has 1 aliphatic rings. The summed E-state index contributed by atoms with van der Waals surface area (Å²) in [5, 5.41) is 0. The van der Waals surface area contributed by atoms with Gasteiger partial charge in [-0.25, -0.2) is 0 Å². The van der Waals surface area contributed by atoms with E-state index in [0.717, 1.165) is 18.7 Å². The second-order valence-electron chi connectivity index (χ2n) is 5.12. The highest BCUT2D eigenvalue weighted by molar-refractivity contribution is 5.28. The summed E-state index contributed by atoms with van der Waals surface area (Å²) in [6.45, 7) is 2.28. The zero-order valence-electron chi connectivity index (χ0n) is 11.3. The molecule has 2 nitrogen and oxygen atoms in total. The molecular formula is C17H19NO. The van der Waals surface area contributed by atoms with Crippen molar-refractivity contribution >= 4 is 0 Å². The first kappa shape index (κ1) is 12.2. The number of rotatable bonds is 5. The van der Waals surface area contributed by atoms with Crippen LogP contribution in [0.5, 0.6) is 5.75 Å². The number of hydrogen-bond acceptors (Lipinski definition) is 2. The third kappa shape index (κ3) is 3.15. The molecular weight excluding hydrogens is 234 g/mol. The van der Waals surface area contributed by atoms with Gasteiger partial charge in [0.1, 0.15) is 5.75 Å². The van der Waals surface area contributed by atoms with E-state index in [1.165, 1.54) is 17.7 Å². The van der Waals surface area contributed by atoms with Crippen molar-refractivity contribution in [2.24, 2.45) is 0 Å². The molecule has 0 aliphatic carbocycles. The Kier molecular flexibility index (Phi) is 3.51. The third-order valence-electron chi connectivity index (χ3n) is 3.69. The van der Waals surface area contributed by atoms with Crippen LogP contribution in [-0.2, 0) is 13.0 Å². The molecule has 1 fully saturated rings. The van der Waals surface area contributed by atoms with Gasteiger partial charge in [-0.2, -0.15) is 0 Å². The summed E-state index contributed by atoms with van der Waals surface area (Å²) in [5.41, 5.74) is 2.79. The fourth-order valence-electron chi connectivity index (χ4n) is 2.46. The van der Waals surface area contributed by atoms with Gasteiger partial charge in [-0.3, -0.25) is 4.90 Å². The second kappa shape index (κ2) is 5.45. The number of nitrogens with zero attached hydrogens (tertiary/aromatic N) is 1. The topological polar surface area (TPSA) is 12.2 Å². The van der Waals surface area contributed by atoms with Gasteiger partial charge in [-0.15, -0.1) is 0 Å². The summed E-state index contributed by atoms with van der Waals surface area (Å²) < 4.78 is 5.18. The van der Waals surface area contributed by atoms with E-state index in [-0.39, 0.29) is 0 Å². The largest absolute Gasteiger partial charge is 0.497 e. The van der Waals surface area contributed by atoms with Crippen LogP contribution < -0.4 is 4.74 Å². The van der Waals surface area contributed by atoms with Crippen LogP contribution in [0.2, 0.25) is 0 Å². The molecule has 2 unspecified atom stereocenters. The van der Waals surface area contributed by atoms with E-state index < -0.39 is 0 Å². The molecule has 3 rings (SSSR count). The zero-order chi connectivity index (χ0) is 13.1. The molecule has 2 heteroatoms. The first-order valence-electron chi connectivity index (χ1n) is 6.76. The van der Waals surface area contributed by atoms with Crippen molar-refractivity contribution in [3.8, 4) is 5.75 Å². The molecule has 0 radical (unpaired) electrons. The van der Waals surface area contributed by atoms with E-state index in [9.17, 15) is 0 Å². The Morgan fingerprint density at radius 3 is 2.42 bits per heavy atom. The Balaban J connectivity index is 1.52. The van der Waals surface area contributed by atoms with Gasteiger partial charge in [-0.1, -0.05) is 42.5 Å². The Bertz CT molecular complexity index is 521. The SMILES string of the molecule is COc1ccc(CC2CN2Cc2ccccc2)cc1. The van der Waals surface area contributed by atoms with Crippen LogP contribution in [-0.4, -0.2) is 24.6 Å². The van der Waals surface area contributed by atoms with Gasteiger partial charge in [0.15, 0.2) is 0 Å². The van der Waals surface area contributed by atoms with Crippen molar-refractivity contribution in [1.82, 2.24) is 4.90 Å². The highest BCUT2D eigenvalue weighted by Crippen LogP contribution is 2.25. The molecule has 0 spiro atoms. The molecule has 1 heterocycles. The number of methoxy groups -OCH3 is 1. The van der Waals surface area contributed by atoms with Gasteiger partial charge in [0.2, 0.25) is 0 Å². The molecule has 98 valence electrons. The minimum atomic E-state index is 0.702. The molecule has 0 bridgehead atoms. The molecule has 2 aromatic carbocycles. The molecule has 19 heavy (non-hydrogen) atoms. The normalized spacial score (nSPS) is 21.1. The van der Waals surface area contributed by atoms with E-state index in [2.05, 4.69) is 47.4 Å². The lowest BCUT2D eigenvalue weighted by Gasteiger charge is -2.05. The van der Waals surface area contributed by atoms with Gasteiger partial charge in [0, 0.05) is 19.1 Å². The van der Waals surface area contributed by atoms with Crippen molar-refractivity contribution in [2.75, 3.05) is 13.7 Å². The summed E-state index contributed by atoms with van der Waals surface area (Å²) in [6, 6.07) is 19.8. The van der Waals surface area contributed by atoms with E-state index in [1.54, 1.807) is 7.11 Å². The lowest BCUT2D eigenvalue weighted by molar-refractivity contribution is 0.414. The molecule has 0 amide bonds. The minimum absolute atomic E-state index is 0.702. The van der Waals surface area contributed by atoms with Crippen LogP contribution in [0.4, 0.5) is 0 Å².